The number of pyridine rings is 1. The quantitative estimate of drug-likeness (QED) is 0.930. The molecule has 0 bridgehead atoms. The minimum absolute atomic E-state index is 0.272. The molecule has 1 aromatic carbocycles. The van der Waals surface area contributed by atoms with E-state index in [1.165, 1.54) is 18.3 Å². The lowest BCUT2D eigenvalue weighted by molar-refractivity contribution is 0.173. The molecule has 1 atom stereocenters. The van der Waals surface area contributed by atoms with Crippen LogP contribution < -0.4 is 0 Å². The summed E-state index contributed by atoms with van der Waals surface area (Å²) in [6, 6.07) is 7.38. The Kier molecular flexibility index (Phi) is 4.17. The van der Waals surface area contributed by atoms with E-state index in [4.69, 9.17) is 23.2 Å². The van der Waals surface area contributed by atoms with Gasteiger partial charge in [0.25, 0.3) is 0 Å². The fourth-order valence-electron chi connectivity index (χ4n) is 1.58. The van der Waals surface area contributed by atoms with Crippen molar-refractivity contribution in [3.63, 3.8) is 0 Å². The van der Waals surface area contributed by atoms with Gasteiger partial charge in [-0.1, -0.05) is 29.3 Å². The molecule has 1 unspecified atom stereocenters. The molecular weight excluding hydrogens is 276 g/mol. The van der Waals surface area contributed by atoms with Crippen molar-refractivity contribution in [2.45, 2.75) is 12.5 Å². The van der Waals surface area contributed by atoms with Gasteiger partial charge in [-0.2, -0.15) is 0 Å². The summed E-state index contributed by atoms with van der Waals surface area (Å²) in [6.07, 6.45) is 0.936. The first-order valence-electron chi connectivity index (χ1n) is 5.29. The van der Waals surface area contributed by atoms with Gasteiger partial charge in [0.05, 0.1) is 16.8 Å². The molecule has 0 fully saturated rings. The summed E-state index contributed by atoms with van der Waals surface area (Å²) in [5.74, 6) is -0.400. The van der Waals surface area contributed by atoms with Crippen molar-refractivity contribution in [2.24, 2.45) is 0 Å². The first-order valence-corrected chi connectivity index (χ1v) is 6.05. The van der Waals surface area contributed by atoms with Gasteiger partial charge in [-0.25, -0.2) is 4.39 Å². The zero-order valence-electron chi connectivity index (χ0n) is 9.28. The highest BCUT2D eigenvalue weighted by Gasteiger charge is 2.12. The predicted molar refractivity (Wildman–Crippen MR) is 69.3 cm³/mol. The number of rotatable bonds is 3. The third-order valence-electron chi connectivity index (χ3n) is 2.52. The number of aromatic nitrogens is 1. The van der Waals surface area contributed by atoms with E-state index in [1.54, 1.807) is 18.2 Å². The predicted octanol–water partition coefficient (Wildman–Crippen LogP) is 3.80. The smallest absolute Gasteiger partial charge is 0.124 e. The van der Waals surface area contributed by atoms with Gasteiger partial charge in [0.15, 0.2) is 0 Å². The molecule has 0 saturated heterocycles. The Morgan fingerprint density at radius 2 is 2.00 bits per heavy atom. The number of hydrogen-bond donors (Lipinski definition) is 1. The van der Waals surface area contributed by atoms with Crippen molar-refractivity contribution in [3.05, 3.63) is 63.6 Å². The van der Waals surface area contributed by atoms with Crippen LogP contribution in [-0.4, -0.2) is 10.1 Å². The molecule has 2 aromatic rings. The maximum Gasteiger partial charge on any atom is 0.124 e. The van der Waals surface area contributed by atoms with Crippen LogP contribution in [0.3, 0.4) is 0 Å². The first kappa shape index (κ1) is 13.3. The van der Waals surface area contributed by atoms with Crippen molar-refractivity contribution in [1.29, 1.82) is 0 Å². The molecule has 1 aromatic heterocycles. The Morgan fingerprint density at radius 3 is 2.61 bits per heavy atom. The van der Waals surface area contributed by atoms with Gasteiger partial charge in [0, 0.05) is 17.6 Å². The summed E-state index contributed by atoms with van der Waals surface area (Å²) in [5.41, 5.74) is 1.17. The first-order chi connectivity index (χ1) is 8.56. The SMILES string of the molecule is OC(Cc1ccc(F)cc1Cl)c1ccc(Cl)cn1. The summed E-state index contributed by atoms with van der Waals surface area (Å²) < 4.78 is 12.9. The summed E-state index contributed by atoms with van der Waals surface area (Å²) in [5, 5.41) is 10.8. The van der Waals surface area contributed by atoms with E-state index in [0.717, 1.165) is 0 Å². The van der Waals surface area contributed by atoms with Crippen molar-refractivity contribution in [1.82, 2.24) is 4.98 Å². The second-order valence-corrected chi connectivity index (χ2v) is 4.70. The van der Waals surface area contributed by atoms with E-state index < -0.39 is 11.9 Å². The van der Waals surface area contributed by atoms with Gasteiger partial charge < -0.3 is 5.11 Å². The second kappa shape index (κ2) is 5.65. The maximum absolute atomic E-state index is 12.9. The van der Waals surface area contributed by atoms with Crippen LogP contribution in [0.5, 0.6) is 0 Å². The van der Waals surface area contributed by atoms with Crippen LogP contribution >= 0.6 is 23.2 Å². The highest BCUT2D eigenvalue weighted by molar-refractivity contribution is 6.31. The molecular formula is C13H10Cl2FNO. The summed E-state index contributed by atoms with van der Waals surface area (Å²) in [4.78, 5) is 4.02. The number of aliphatic hydroxyl groups is 1. The molecule has 0 spiro atoms. The molecule has 94 valence electrons. The van der Waals surface area contributed by atoms with Crippen LogP contribution in [0.2, 0.25) is 10.0 Å². The van der Waals surface area contributed by atoms with Gasteiger partial charge in [-0.3, -0.25) is 4.98 Å². The summed E-state index contributed by atoms with van der Waals surface area (Å²) in [7, 11) is 0. The van der Waals surface area contributed by atoms with E-state index in [2.05, 4.69) is 4.98 Å². The monoisotopic (exact) mass is 285 g/mol. The lowest BCUT2D eigenvalue weighted by Gasteiger charge is -2.11. The lowest BCUT2D eigenvalue weighted by atomic mass is 10.1. The standard InChI is InChI=1S/C13H10Cl2FNO/c14-9-2-4-12(17-7-9)13(18)5-8-1-3-10(16)6-11(8)15/h1-4,6-7,13,18H,5H2. The third-order valence-corrected chi connectivity index (χ3v) is 3.10. The molecule has 2 rings (SSSR count). The molecule has 18 heavy (non-hydrogen) atoms. The molecule has 5 heteroatoms. The van der Waals surface area contributed by atoms with Crippen molar-refractivity contribution >= 4 is 23.2 Å². The lowest BCUT2D eigenvalue weighted by Crippen LogP contribution is -2.04. The Labute approximate surface area is 114 Å². The van der Waals surface area contributed by atoms with Crippen LogP contribution in [-0.2, 0) is 6.42 Å². The van der Waals surface area contributed by atoms with Gasteiger partial charge in [0.2, 0.25) is 0 Å². The highest BCUT2D eigenvalue weighted by Crippen LogP contribution is 2.23. The fourth-order valence-corrected chi connectivity index (χ4v) is 1.94. The second-order valence-electron chi connectivity index (χ2n) is 3.86. The molecule has 1 N–H and O–H groups in total. The van der Waals surface area contributed by atoms with Crippen molar-refractivity contribution in [3.8, 4) is 0 Å². The Balaban J connectivity index is 2.15. The van der Waals surface area contributed by atoms with Crippen LogP contribution in [0.25, 0.3) is 0 Å². The van der Waals surface area contributed by atoms with E-state index in [-0.39, 0.29) is 6.42 Å². The number of benzene rings is 1. The molecule has 0 radical (unpaired) electrons. The molecule has 0 amide bonds. The minimum atomic E-state index is -0.801. The normalized spacial score (nSPS) is 12.4. The van der Waals surface area contributed by atoms with Crippen molar-refractivity contribution in [2.75, 3.05) is 0 Å². The van der Waals surface area contributed by atoms with Gasteiger partial charge in [-0.15, -0.1) is 0 Å². The number of halogens is 3. The average Bonchev–Trinajstić information content (AvgIpc) is 2.33. The number of hydrogen-bond acceptors (Lipinski definition) is 2. The molecule has 0 aliphatic heterocycles. The van der Waals surface area contributed by atoms with E-state index in [1.807, 2.05) is 0 Å². The highest BCUT2D eigenvalue weighted by atomic mass is 35.5. The number of nitrogens with zero attached hydrogens (tertiary/aromatic N) is 1. The van der Waals surface area contributed by atoms with E-state index >= 15 is 0 Å². The molecule has 0 saturated carbocycles. The molecule has 0 aliphatic rings. The Hall–Kier alpha value is -1.16. The zero-order chi connectivity index (χ0) is 13.1. The average molecular weight is 286 g/mol. The largest absolute Gasteiger partial charge is 0.386 e. The maximum atomic E-state index is 12.9. The van der Waals surface area contributed by atoms with Crippen molar-refractivity contribution < 1.29 is 9.50 Å². The molecule has 1 heterocycles. The van der Waals surface area contributed by atoms with Gasteiger partial charge in [0.1, 0.15) is 5.82 Å². The van der Waals surface area contributed by atoms with Crippen LogP contribution in [0.15, 0.2) is 36.5 Å². The van der Waals surface area contributed by atoms with Crippen LogP contribution in [0.4, 0.5) is 4.39 Å². The third kappa shape index (κ3) is 3.19. The van der Waals surface area contributed by atoms with Gasteiger partial charge in [-0.05, 0) is 29.8 Å². The Morgan fingerprint density at radius 1 is 1.22 bits per heavy atom. The minimum Gasteiger partial charge on any atom is -0.386 e. The van der Waals surface area contributed by atoms with E-state index in [9.17, 15) is 9.50 Å². The summed E-state index contributed by atoms with van der Waals surface area (Å²) >= 11 is 11.6. The molecule has 0 aliphatic carbocycles. The topological polar surface area (TPSA) is 33.1 Å². The fraction of sp³-hybridized carbons (Fsp3) is 0.154. The van der Waals surface area contributed by atoms with Crippen LogP contribution in [0, 0.1) is 5.82 Å². The molecule has 2 nitrogen and oxygen atoms in total. The zero-order valence-corrected chi connectivity index (χ0v) is 10.8. The summed E-state index contributed by atoms with van der Waals surface area (Å²) in [6.45, 7) is 0. The van der Waals surface area contributed by atoms with Gasteiger partial charge >= 0.3 is 0 Å². The number of aliphatic hydroxyl groups excluding tert-OH is 1. The Bertz CT molecular complexity index is 545. The van der Waals surface area contributed by atoms with Crippen LogP contribution in [0.1, 0.15) is 17.4 Å². The van der Waals surface area contributed by atoms with E-state index in [0.29, 0.717) is 21.3 Å².